The second-order valence-electron chi connectivity index (χ2n) is 5.37. The van der Waals surface area contributed by atoms with E-state index in [1.54, 1.807) is 0 Å². The minimum Gasteiger partial charge on any atom is -0.379 e. The molecule has 1 saturated heterocycles. The number of nitrogens with one attached hydrogen (secondary N) is 1. The maximum atomic E-state index is 11.8. The number of nitrogens with zero attached hydrogens (tertiary/aromatic N) is 2. The number of amides is 1. The van der Waals surface area contributed by atoms with Crippen molar-refractivity contribution >= 4 is 11.6 Å². The fraction of sp³-hybridized carbons (Fsp3) is 0.857. The van der Waals surface area contributed by atoms with E-state index in [4.69, 9.17) is 4.74 Å². The summed E-state index contributed by atoms with van der Waals surface area (Å²) in [4.78, 5) is 13.9. The molecule has 1 N–H and O–H groups in total. The number of hydrazone groups is 1. The van der Waals surface area contributed by atoms with Crippen LogP contribution < -0.4 is 5.43 Å². The summed E-state index contributed by atoms with van der Waals surface area (Å²) in [6.07, 6.45) is 8.42. The zero-order valence-electron chi connectivity index (χ0n) is 11.7. The van der Waals surface area contributed by atoms with E-state index in [0.717, 1.165) is 44.9 Å². The van der Waals surface area contributed by atoms with Crippen molar-refractivity contribution in [1.29, 1.82) is 0 Å². The Bertz CT molecular complexity index is 302. The number of morpholine rings is 1. The van der Waals surface area contributed by atoms with E-state index in [1.165, 1.54) is 32.1 Å². The van der Waals surface area contributed by atoms with Gasteiger partial charge in [0.15, 0.2) is 0 Å². The zero-order chi connectivity index (χ0) is 13.3. The van der Waals surface area contributed by atoms with Gasteiger partial charge in [-0.25, -0.2) is 5.43 Å². The third-order valence-corrected chi connectivity index (χ3v) is 3.74. The van der Waals surface area contributed by atoms with Crippen molar-refractivity contribution in [1.82, 2.24) is 10.3 Å². The van der Waals surface area contributed by atoms with Crippen molar-refractivity contribution in [3.63, 3.8) is 0 Å². The van der Waals surface area contributed by atoms with Gasteiger partial charge in [-0.1, -0.05) is 19.3 Å². The van der Waals surface area contributed by atoms with Gasteiger partial charge in [0.25, 0.3) is 5.91 Å². The van der Waals surface area contributed by atoms with Crippen molar-refractivity contribution in [2.24, 2.45) is 5.10 Å². The third-order valence-electron chi connectivity index (χ3n) is 3.74. The van der Waals surface area contributed by atoms with Crippen molar-refractivity contribution < 1.29 is 9.53 Å². The fourth-order valence-corrected chi connectivity index (χ4v) is 2.56. The summed E-state index contributed by atoms with van der Waals surface area (Å²) >= 11 is 0. The molecule has 0 aromatic rings. The lowest BCUT2D eigenvalue weighted by Crippen LogP contribution is -2.42. The summed E-state index contributed by atoms with van der Waals surface area (Å²) < 4.78 is 5.26. The van der Waals surface area contributed by atoms with E-state index in [0.29, 0.717) is 6.54 Å². The molecular weight excluding hydrogens is 242 g/mol. The average molecular weight is 267 g/mol. The van der Waals surface area contributed by atoms with Crippen molar-refractivity contribution in [3.8, 4) is 0 Å². The standard InChI is InChI=1S/C14H25N3O2/c18-14(12-17-8-10-19-11-9-17)16-15-13-6-4-2-1-3-5-7-13/h1-12H2,(H,16,18). The first kappa shape index (κ1) is 14.5. The van der Waals surface area contributed by atoms with Crippen LogP contribution in [0.25, 0.3) is 0 Å². The SMILES string of the molecule is O=C(CN1CCOCC1)NN=C1CCCCCCC1. The van der Waals surface area contributed by atoms with Crippen LogP contribution in [0.15, 0.2) is 5.10 Å². The molecule has 0 unspecified atom stereocenters. The Kier molecular flexibility index (Phi) is 6.30. The second-order valence-corrected chi connectivity index (χ2v) is 5.37. The Morgan fingerprint density at radius 1 is 1.11 bits per heavy atom. The van der Waals surface area contributed by atoms with Gasteiger partial charge in [0.1, 0.15) is 0 Å². The molecule has 0 aromatic carbocycles. The van der Waals surface area contributed by atoms with Crippen molar-refractivity contribution in [2.75, 3.05) is 32.8 Å². The average Bonchev–Trinajstić information content (AvgIpc) is 2.38. The third kappa shape index (κ3) is 5.70. The van der Waals surface area contributed by atoms with Gasteiger partial charge in [0.2, 0.25) is 0 Å². The van der Waals surface area contributed by atoms with E-state index >= 15 is 0 Å². The van der Waals surface area contributed by atoms with Crippen LogP contribution in [0.4, 0.5) is 0 Å². The summed E-state index contributed by atoms with van der Waals surface area (Å²) in [5, 5.41) is 4.31. The lowest BCUT2D eigenvalue weighted by molar-refractivity contribution is -0.123. The Hall–Kier alpha value is -0.940. The van der Waals surface area contributed by atoms with Gasteiger partial charge in [-0.2, -0.15) is 5.10 Å². The molecular formula is C14H25N3O2. The monoisotopic (exact) mass is 267 g/mol. The Morgan fingerprint density at radius 2 is 1.74 bits per heavy atom. The van der Waals surface area contributed by atoms with Gasteiger partial charge in [-0.3, -0.25) is 9.69 Å². The highest BCUT2D eigenvalue weighted by Gasteiger charge is 2.14. The Balaban J connectivity index is 1.71. The summed E-state index contributed by atoms with van der Waals surface area (Å²) in [6, 6.07) is 0. The highest BCUT2D eigenvalue weighted by molar-refractivity contribution is 5.86. The Labute approximate surface area is 115 Å². The normalized spacial score (nSPS) is 22.4. The molecule has 0 bridgehead atoms. The largest absolute Gasteiger partial charge is 0.379 e. The lowest BCUT2D eigenvalue weighted by atomic mass is 9.99. The maximum absolute atomic E-state index is 11.8. The van der Waals surface area contributed by atoms with E-state index in [2.05, 4.69) is 15.4 Å². The van der Waals surface area contributed by atoms with E-state index in [-0.39, 0.29) is 5.91 Å². The first-order valence-electron chi connectivity index (χ1n) is 7.49. The van der Waals surface area contributed by atoms with Gasteiger partial charge < -0.3 is 4.74 Å². The molecule has 0 aromatic heterocycles. The number of rotatable bonds is 3. The van der Waals surface area contributed by atoms with Crippen molar-refractivity contribution in [3.05, 3.63) is 0 Å². The van der Waals surface area contributed by atoms with Gasteiger partial charge in [0, 0.05) is 18.8 Å². The zero-order valence-corrected chi connectivity index (χ0v) is 11.7. The minimum absolute atomic E-state index is 0.00328. The van der Waals surface area contributed by atoms with Gasteiger partial charge in [0.05, 0.1) is 19.8 Å². The molecule has 0 radical (unpaired) electrons. The summed E-state index contributed by atoms with van der Waals surface area (Å²) in [7, 11) is 0. The van der Waals surface area contributed by atoms with E-state index in [1.807, 2.05) is 0 Å². The number of hydrogen-bond donors (Lipinski definition) is 1. The number of carbonyl (C=O) groups excluding carboxylic acids is 1. The molecule has 108 valence electrons. The first-order valence-corrected chi connectivity index (χ1v) is 7.49. The van der Waals surface area contributed by atoms with Gasteiger partial charge >= 0.3 is 0 Å². The highest BCUT2D eigenvalue weighted by atomic mass is 16.5. The lowest BCUT2D eigenvalue weighted by Gasteiger charge is -2.25. The maximum Gasteiger partial charge on any atom is 0.254 e. The highest BCUT2D eigenvalue weighted by Crippen LogP contribution is 2.14. The minimum atomic E-state index is -0.00328. The molecule has 5 nitrogen and oxygen atoms in total. The van der Waals surface area contributed by atoms with Crippen molar-refractivity contribution in [2.45, 2.75) is 44.9 Å². The predicted molar refractivity (Wildman–Crippen MR) is 75.2 cm³/mol. The van der Waals surface area contributed by atoms with Gasteiger partial charge in [-0.15, -0.1) is 0 Å². The number of hydrogen-bond acceptors (Lipinski definition) is 4. The topological polar surface area (TPSA) is 53.9 Å². The first-order chi connectivity index (χ1) is 9.34. The smallest absolute Gasteiger partial charge is 0.254 e. The van der Waals surface area contributed by atoms with Gasteiger partial charge in [-0.05, 0) is 25.7 Å². The number of ether oxygens (including phenoxy) is 1. The molecule has 19 heavy (non-hydrogen) atoms. The second kappa shape index (κ2) is 8.27. The van der Waals surface area contributed by atoms with Crippen LogP contribution in [-0.2, 0) is 9.53 Å². The van der Waals surface area contributed by atoms with Crippen LogP contribution in [-0.4, -0.2) is 49.4 Å². The molecule has 2 fully saturated rings. The number of carbonyl (C=O) groups is 1. The van der Waals surface area contributed by atoms with Crippen LogP contribution in [0.1, 0.15) is 44.9 Å². The molecule has 2 rings (SSSR count). The van der Waals surface area contributed by atoms with Crippen LogP contribution in [0.5, 0.6) is 0 Å². The van der Waals surface area contributed by atoms with Crippen LogP contribution >= 0.6 is 0 Å². The van der Waals surface area contributed by atoms with Crippen LogP contribution in [0.3, 0.4) is 0 Å². The Morgan fingerprint density at radius 3 is 2.42 bits per heavy atom. The molecule has 0 spiro atoms. The fourth-order valence-electron chi connectivity index (χ4n) is 2.56. The summed E-state index contributed by atoms with van der Waals surface area (Å²) in [6.45, 7) is 3.55. The quantitative estimate of drug-likeness (QED) is 0.789. The molecule has 1 aliphatic heterocycles. The van der Waals surface area contributed by atoms with E-state index in [9.17, 15) is 4.79 Å². The summed E-state index contributed by atoms with van der Waals surface area (Å²) in [5.41, 5.74) is 3.88. The van der Waals surface area contributed by atoms with Crippen LogP contribution in [0, 0.1) is 0 Å². The summed E-state index contributed by atoms with van der Waals surface area (Å²) in [5.74, 6) is -0.00328. The van der Waals surface area contributed by atoms with E-state index < -0.39 is 0 Å². The predicted octanol–water partition coefficient (Wildman–Crippen LogP) is 1.54. The molecule has 1 aliphatic carbocycles. The molecule has 1 heterocycles. The molecule has 5 heteroatoms. The molecule has 1 amide bonds. The van der Waals surface area contributed by atoms with Crippen LogP contribution in [0.2, 0.25) is 0 Å². The molecule has 1 saturated carbocycles. The molecule has 2 aliphatic rings. The molecule has 0 atom stereocenters.